The minimum absolute atomic E-state index is 0.0553. The highest BCUT2D eigenvalue weighted by atomic mass is 32.2. The normalized spacial score (nSPS) is 11.0. The van der Waals surface area contributed by atoms with E-state index in [4.69, 9.17) is 0 Å². The van der Waals surface area contributed by atoms with Crippen LogP contribution >= 0.6 is 0 Å². The Morgan fingerprint density at radius 3 is 2.42 bits per heavy atom. The number of rotatable bonds is 7. The average molecular weight is 446 g/mol. The quantitative estimate of drug-likeness (QED) is 0.422. The van der Waals surface area contributed by atoms with E-state index in [1.165, 1.54) is 42.5 Å². The Morgan fingerprint density at radius 1 is 1.06 bits per heavy atom. The van der Waals surface area contributed by atoms with E-state index in [-0.39, 0.29) is 22.0 Å². The minimum atomic E-state index is -3.98. The Labute approximate surface area is 175 Å². The van der Waals surface area contributed by atoms with Crippen LogP contribution in [0.2, 0.25) is 0 Å². The summed E-state index contributed by atoms with van der Waals surface area (Å²) in [5, 5.41) is 13.3. The number of nitro groups is 1. The van der Waals surface area contributed by atoms with E-state index in [0.717, 1.165) is 29.0 Å². The Bertz CT molecular complexity index is 1310. The Hall–Kier alpha value is -4.06. The first kappa shape index (κ1) is 21.6. The molecule has 0 aliphatic rings. The lowest BCUT2D eigenvalue weighted by Gasteiger charge is -2.10. The van der Waals surface area contributed by atoms with Gasteiger partial charge in [0.2, 0.25) is 5.91 Å². The van der Waals surface area contributed by atoms with Crippen LogP contribution in [0.25, 0.3) is 0 Å². The van der Waals surface area contributed by atoms with Crippen LogP contribution in [0.4, 0.5) is 21.5 Å². The highest BCUT2D eigenvalue weighted by molar-refractivity contribution is 7.92. The van der Waals surface area contributed by atoms with E-state index in [1.54, 1.807) is 0 Å². The molecular weight excluding hydrogens is 431 g/mol. The van der Waals surface area contributed by atoms with Crippen molar-refractivity contribution in [3.8, 4) is 0 Å². The van der Waals surface area contributed by atoms with Crippen molar-refractivity contribution in [2.75, 3.05) is 10.0 Å². The number of halogens is 1. The molecule has 1 aromatic heterocycles. The van der Waals surface area contributed by atoms with Gasteiger partial charge in [-0.1, -0.05) is 6.07 Å². The molecule has 0 fully saturated rings. The van der Waals surface area contributed by atoms with Crippen LogP contribution in [-0.2, 0) is 21.4 Å². The van der Waals surface area contributed by atoms with E-state index >= 15 is 0 Å². The van der Waals surface area contributed by atoms with Crippen molar-refractivity contribution in [1.29, 1.82) is 0 Å². The first-order valence-electron chi connectivity index (χ1n) is 8.67. The second-order valence-corrected chi connectivity index (χ2v) is 7.98. The summed E-state index contributed by atoms with van der Waals surface area (Å²) in [5.74, 6) is -1.24. The molecule has 2 aromatic carbocycles. The van der Waals surface area contributed by atoms with Gasteiger partial charge >= 0.3 is 0 Å². The molecule has 1 amide bonds. The molecule has 0 aliphatic heterocycles. The Kier molecular flexibility index (Phi) is 6.11. The summed E-state index contributed by atoms with van der Waals surface area (Å²) in [5.41, 5.74) is -0.633. The highest BCUT2D eigenvalue weighted by Crippen LogP contribution is 2.19. The van der Waals surface area contributed by atoms with Crippen LogP contribution in [-0.4, -0.2) is 23.8 Å². The summed E-state index contributed by atoms with van der Waals surface area (Å²) < 4.78 is 41.2. The predicted octanol–water partition coefficient (Wildman–Crippen LogP) is 2.34. The fourth-order valence-corrected chi connectivity index (χ4v) is 3.64. The summed E-state index contributed by atoms with van der Waals surface area (Å²) in [7, 11) is -3.98. The van der Waals surface area contributed by atoms with E-state index < -0.39 is 38.8 Å². The molecule has 0 bridgehead atoms. The van der Waals surface area contributed by atoms with Crippen LogP contribution < -0.4 is 15.6 Å². The van der Waals surface area contributed by atoms with E-state index in [0.29, 0.717) is 0 Å². The number of amides is 1. The van der Waals surface area contributed by atoms with Gasteiger partial charge in [0.15, 0.2) is 0 Å². The zero-order valence-electron chi connectivity index (χ0n) is 15.7. The summed E-state index contributed by atoms with van der Waals surface area (Å²) in [4.78, 5) is 33.9. The number of pyridine rings is 1. The van der Waals surface area contributed by atoms with Gasteiger partial charge in [0, 0.05) is 17.8 Å². The first-order valence-corrected chi connectivity index (χ1v) is 10.2. The van der Waals surface area contributed by atoms with Crippen LogP contribution in [0.15, 0.2) is 76.6 Å². The lowest BCUT2D eigenvalue weighted by molar-refractivity contribution is -0.385. The second-order valence-electron chi connectivity index (χ2n) is 6.30. The van der Waals surface area contributed by atoms with Crippen molar-refractivity contribution in [3.63, 3.8) is 0 Å². The van der Waals surface area contributed by atoms with Crippen molar-refractivity contribution in [2.45, 2.75) is 11.4 Å². The van der Waals surface area contributed by atoms with Gasteiger partial charge in [-0.05, 0) is 42.5 Å². The molecule has 31 heavy (non-hydrogen) atoms. The molecule has 1 heterocycles. The predicted molar refractivity (Wildman–Crippen MR) is 110 cm³/mol. The minimum Gasteiger partial charge on any atom is -0.325 e. The number of benzene rings is 2. The smallest absolute Gasteiger partial charge is 0.285 e. The molecule has 0 atom stereocenters. The maximum Gasteiger partial charge on any atom is 0.285 e. The van der Waals surface area contributed by atoms with Gasteiger partial charge in [-0.2, -0.15) is 0 Å². The highest BCUT2D eigenvalue weighted by Gasteiger charge is 2.15. The van der Waals surface area contributed by atoms with E-state index in [1.807, 2.05) is 0 Å². The molecular formula is C19H15FN4O6S. The number of anilines is 2. The third kappa shape index (κ3) is 5.51. The molecule has 0 saturated carbocycles. The summed E-state index contributed by atoms with van der Waals surface area (Å²) in [6.45, 7) is -0.471. The molecule has 0 aliphatic carbocycles. The number of hydrogen-bond donors (Lipinski definition) is 2. The molecule has 0 saturated heterocycles. The van der Waals surface area contributed by atoms with Gasteiger partial charge in [0.25, 0.3) is 21.3 Å². The summed E-state index contributed by atoms with van der Waals surface area (Å²) in [6, 6.07) is 12.1. The van der Waals surface area contributed by atoms with Crippen molar-refractivity contribution in [2.24, 2.45) is 0 Å². The number of hydrogen-bond acceptors (Lipinski definition) is 6. The molecule has 0 spiro atoms. The standard InChI is InChI=1S/C19H15FN4O6S/c20-13-2-1-3-15(10-13)22-31(29,30)17-7-4-14(5-8-17)21-18(25)12-23-11-16(24(27)28)6-9-19(23)26/h1-11,22H,12H2,(H,21,25). The molecule has 3 rings (SSSR count). The van der Waals surface area contributed by atoms with Gasteiger partial charge in [0.1, 0.15) is 12.4 Å². The summed E-state index contributed by atoms with van der Waals surface area (Å²) in [6.07, 6.45) is 0.954. The van der Waals surface area contributed by atoms with Crippen LogP contribution in [0.1, 0.15) is 0 Å². The first-order chi connectivity index (χ1) is 14.6. The third-order valence-corrected chi connectivity index (χ3v) is 5.42. The van der Waals surface area contributed by atoms with Gasteiger partial charge in [0.05, 0.1) is 21.7 Å². The van der Waals surface area contributed by atoms with Gasteiger partial charge in [-0.15, -0.1) is 0 Å². The van der Waals surface area contributed by atoms with Crippen LogP contribution in [0, 0.1) is 15.9 Å². The van der Waals surface area contributed by atoms with E-state index in [9.17, 15) is 32.5 Å². The molecule has 0 unspecified atom stereocenters. The fraction of sp³-hybridized carbons (Fsp3) is 0.0526. The van der Waals surface area contributed by atoms with E-state index in [2.05, 4.69) is 10.0 Å². The maximum atomic E-state index is 13.2. The number of sulfonamides is 1. The Morgan fingerprint density at radius 2 is 1.77 bits per heavy atom. The fourth-order valence-electron chi connectivity index (χ4n) is 2.59. The van der Waals surface area contributed by atoms with Gasteiger partial charge in [-0.3, -0.25) is 29.0 Å². The third-order valence-electron chi connectivity index (χ3n) is 4.02. The zero-order valence-corrected chi connectivity index (χ0v) is 16.5. The molecule has 12 heteroatoms. The molecule has 10 nitrogen and oxygen atoms in total. The topological polar surface area (TPSA) is 140 Å². The van der Waals surface area contributed by atoms with Gasteiger partial charge < -0.3 is 5.32 Å². The van der Waals surface area contributed by atoms with Crippen LogP contribution in [0.3, 0.4) is 0 Å². The molecule has 160 valence electrons. The lowest BCUT2D eigenvalue weighted by Crippen LogP contribution is -2.27. The zero-order chi connectivity index (χ0) is 22.6. The Balaban J connectivity index is 1.69. The number of aromatic nitrogens is 1. The number of nitrogens with zero attached hydrogens (tertiary/aromatic N) is 2. The second kappa shape index (κ2) is 8.75. The monoisotopic (exact) mass is 446 g/mol. The van der Waals surface area contributed by atoms with Gasteiger partial charge in [-0.25, -0.2) is 12.8 Å². The van der Waals surface area contributed by atoms with Crippen molar-refractivity contribution in [1.82, 2.24) is 4.57 Å². The molecule has 0 radical (unpaired) electrons. The van der Waals surface area contributed by atoms with Crippen molar-refractivity contribution < 1.29 is 22.5 Å². The number of carbonyl (C=O) groups excluding carboxylic acids is 1. The van der Waals surface area contributed by atoms with Crippen LogP contribution in [0.5, 0.6) is 0 Å². The van der Waals surface area contributed by atoms with Crippen molar-refractivity contribution in [3.05, 3.63) is 93.1 Å². The molecule has 2 N–H and O–H groups in total. The average Bonchev–Trinajstić information content (AvgIpc) is 2.69. The lowest BCUT2D eigenvalue weighted by atomic mass is 10.3. The SMILES string of the molecule is O=C(Cn1cc([N+](=O)[O-])ccc1=O)Nc1ccc(S(=O)(=O)Nc2cccc(F)c2)cc1. The largest absolute Gasteiger partial charge is 0.325 e. The van der Waals surface area contributed by atoms with Crippen molar-refractivity contribution >= 4 is 33.0 Å². The summed E-state index contributed by atoms with van der Waals surface area (Å²) >= 11 is 0. The molecule has 3 aromatic rings. The number of nitrogens with one attached hydrogen (secondary N) is 2. The number of carbonyl (C=O) groups is 1. The maximum absolute atomic E-state index is 13.2.